The lowest BCUT2D eigenvalue weighted by Crippen LogP contribution is -2.61. The lowest BCUT2D eigenvalue weighted by atomic mass is 9.33. The molecule has 17 rings (SSSR count). The predicted molar refractivity (Wildman–Crippen MR) is 404 cm³/mol. The Labute approximate surface area is 557 Å². The molecule has 2 aliphatic rings. The van der Waals surface area contributed by atoms with Crippen molar-refractivity contribution < 1.29 is 8.83 Å². The molecule has 0 amide bonds. The topological polar surface area (TPSA) is 32.8 Å². The number of furan rings is 2. The Balaban J connectivity index is 1.07. The summed E-state index contributed by atoms with van der Waals surface area (Å²) in [4.78, 5) is 5.39. The first-order valence-electron chi connectivity index (χ1n) is 33.5. The van der Waals surface area contributed by atoms with Crippen molar-refractivity contribution in [3.05, 3.63) is 296 Å². The van der Waals surface area contributed by atoms with Gasteiger partial charge in [-0.25, -0.2) is 0 Å². The summed E-state index contributed by atoms with van der Waals surface area (Å²) in [7, 11) is 0. The number of hydrogen-bond donors (Lipinski definition) is 0. The van der Waals surface area contributed by atoms with E-state index in [1.54, 1.807) is 0 Å². The van der Waals surface area contributed by atoms with Gasteiger partial charge in [0.2, 0.25) is 0 Å². The van der Waals surface area contributed by atoms with E-state index in [-0.39, 0.29) is 23.0 Å². The molecule has 0 N–H and O–H groups in total. The van der Waals surface area contributed by atoms with Gasteiger partial charge in [-0.3, -0.25) is 0 Å². The van der Waals surface area contributed by atoms with Gasteiger partial charge in [0.25, 0.3) is 6.71 Å². The maximum absolute atomic E-state index is 6.69. The number of para-hydroxylation sites is 2. The minimum Gasteiger partial charge on any atom is -0.456 e. The van der Waals surface area contributed by atoms with Crippen molar-refractivity contribution in [2.24, 2.45) is 0 Å². The van der Waals surface area contributed by atoms with E-state index in [2.05, 4.69) is 351 Å². The smallest absolute Gasteiger partial charge is 0.252 e. The Morgan fingerprint density at radius 2 is 0.579 bits per heavy atom. The molecule has 0 radical (unpaired) electrons. The SMILES string of the molecule is CC(C)(C)c1cc(-c2ccccc2)c(N2c3ccc(-c4cccc5oc6ccccc6c45)cc3B3c4cc(-c5cccc6oc7ccccc7c56)ccc4N(c4c(-c5ccccc5)cc(C(C)(C)C)cc4-c4ccccc4)c4cc(C(C)(C)C)cc2c43)c(-c2ccccc2)c1. The third-order valence-electron chi connectivity index (χ3n) is 20.1. The third-order valence-corrected chi connectivity index (χ3v) is 20.1. The molecule has 5 heteroatoms. The van der Waals surface area contributed by atoms with Crippen molar-refractivity contribution in [2.45, 2.75) is 78.6 Å². The second-order valence-electron chi connectivity index (χ2n) is 29.2. The van der Waals surface area contributed by atoms with E-state index in [0.29, 0.717) is 0 Å². The second-order valence-corrected chi connectivity index (χ2v) is 29.2. The van der Waals surface area contributed by atoms with E-state index in [1.165, 1.54) is 55.3 Å². The minimum absolute atomic E-state index is 0.181. The third kappa shape index (κ3) is 9.57. The Bertz CT molecular complexity index is 5090. The zero-order valence-electron chi connectivity index (χ0n) is 55.3. The van der Waals surface area contributed by atoms with Crippen LogP contribution in [0.4, 0.5) is 34.1 Å². The van der Waals surface area contributed by atoms with Crippen LogP contribution in [0.25, 0.3) is 111 Å². The molecule has 0 spiro atoms. The molecule has 0 bridgehead atoms. The van der Waals surface area contributed by atoms with Crippen molar-refractivity contribution in [3.63, 3.8) is 0 Å². The Hall–Kier alpha value is -10.9. The fourth-order valence-corrected chi connectivity index (χ4v) is 15.3. The lowest BCUT2D eigenvalue weighted by Gasteiger charge is -2.47. The van der Waals surface area contributed by atoms with Gasteiger partial charge < -0.3 is 18.6 Å². The van der Waals surface area contributed by atoms with Crippen LogP contribution in [-0.2, 0) is 16.2 Å². The Kier molecular flexibility index (Phi) is 13.3. The van der Waals surface area contributed by atoms with Crippen LogP contribution in [0.3, 0.4) is 0 Å². The highest BCUT2D eigenvalue weighted by Crippen LogP contribution is 2.56. The molecule has 4 nitrogen and oxygen atoms in total. The molecule has 13 aromatic carbocycles. The van der Waals surface area contributed by atoms with Gasteiger partial charge in [0, 0.05) is 66.5 Å². The minimum atomic E-state index is -0.300. The average molecular weight is 1230 g/mol. The van der Waals surface area contributed by atoms with E-state index in [4.69, 9.17) is 8.83 Å². The summed E-state index contributed by atoms with van der Waals surface area (Å²) < 4.78 is 13.4. The van der Waals surface area contributed by atoms with Crippen molar-refractivity contribution in [3.8, 4) is 66.8 Å². The largest absolute Gasteiger partial charge is 0.456 e. The van der Waals surface area contributed by atoms with Crippen LogP contribution in [0, 0.1) is 0 Å². The van der Waals surface area contributed by atoms with Crippen LogP contribution in [0.15, 0.2) is 288 Å². The first-order valence-corrected chi connectivity index (χ1v) is 33.5. The monoisotopic (exact) mass is 1220 g/mol. The molecular weight excluding hydrogens is 1150 g/mol. The molecule has 0 aliphatic carbocycles. The summed E-state index contributed by atoms with van der Waals surface area (Å²) in [5.74, 6) is 0. The number of rotatable bonds is 8. The number of benzene rings is 13. The van der Waals surface area contributed by atoms with Gasteiger partial charge in [0.1, 0.15) is 22.3 Å². The van der Waals surface area contributed by atoms with Crippen molar-refractivity contribution in [1.29, 1.82) is 0 Å². The van der Waals surface area contributed by atoms with Gasteiger partial charge in [0.15, 0.2) is 0 Å². The number of hydrogen-bond acceptors (Lipinski definition) is 4. The second kappa shape index (κ2) is 21.9. The normalized spacial score (nSPS) is 13.0. The molecule has 0 saturated carbocycles. The highest BCUT2D eigenvalue weighted by atomic mass is 16.3. The van der Waals surface area contributed by atoms with Crippen molar-refractivity contribution >= 4 is 101 Å². The average Bonchev–Trinajstić information content (AvgIpc) is 1.27. The van der Waals surface area contributed by atoms with Gasteiger partial charge in [-0.1, -0.05) is 269 Å². The summed E-state index contributed by atoms with van der Waals surface area (Å²) in [6, 6.07) is 104. The Morgan fingerprint density at radius 1 is 0.263 bits per heavy atom. The number of anilines is 6. The molecule has 0 atom stereocenters. The molecule has 15 aromatic rings. The summed E-state index contributed by atoms with van der Waals surface area (Å²) >= 11 is 0. The van der Waals surface area contributed by atoms with Gasteiger partial charge in [0.05, 0.1) is 11.4 Å². The first-order chi connectivity index (χ1) is 46.0. The molecule has 458 valence electrons. The quantitative estimate of drug-likeness (QED) is 0.142. The van der Waals surface area contributed by atoms with E-state index in [9.17, 15) is 0 Å². The predicted octanol–water partition coefficient (Wildman–Crippen LogP) is 23.5. The van der Waals surface area contributed by atoms with Crippen LogP contribution in [-0.4, -0.2) is 6.71 Å². The molecule has 4 heterocycles. The van der Waals surface area contributed by atoms with Gasteiger partial charge in [-0.15, -0.1) is 0 Å². The van der Waals surface area contributed by atoms with Gasteiger partial charge in [-0.05, 0) is 167 Å². The molecule has 0 fully saturated rings. The lowest BCUT2D eigenvalue weighted by molar-refractivity contribution is 0.590. The standard InChI is InChI=1S/C90H73BN2O2/c1-88(2,3)62-50-69(56-28-14-10-15-29-56)86(70(51-62)57-30-16-11-17-31-57)92-75-46-44-60(65-38-26-42-81-83(65)67-36-22-24-40-79(67)94-81)48-73(75)91-74-49-61(66-39-27-43-82-84(66)68-37-23-25-41-80(68)95-82)45-47-76(74)93(78-55-64(90(7,8)9)54-77(92)85(78)91)87-71(58-32-18-12-19-33-58)52-63(89(4,5)6)53-72(87)59-34-20-13-21-35-59/h10-55H,1-9H3. The summed E-state index contributed by atoms with van der Waals surface area (Å²) in [6.45, 7) is 20.9. The fraction of sp³-hybridized carbons (Fsp3) is 0.133. The molecule has 2 aromatic heterocycles. The van der Waals surface area contributed by atoms with Crippen molar-refractivity contribution in [2.75, 3.05) is 9.80 Å². The highest BCUT2D eigenvalue weighted by molar-refractivity contribution is 7.00. The van der Waals surface area contributed by atoms with Gasteiger partial charge >= 0.3 is 0 Å². The maximum Gasteiger partial charge on any atom is 0.252 e. The zero-order valence-corrected chi connectivity index (χ0v) is 55.3. The summed E-state index contributed by atoms with van der Waals surface area (Å²) in [6.07, 6.45) is 0. The summed E-state index contributed by atoms with van der Waals surface area (Å²) in [5.41, 5.74) is 30.9. The number of fused-ring (bicyclic) bond motifs is 10. The first kappa shape index (κ1) is 58.0. The molecule has 2 aliphatic heterocycles. The van der Waals surface area contributed by atoms with E-state index in [1.807, 2.05) is 0 Å². The number of nitrogens with zero attached hydrogens (tertiary/aromatic N) is 2. The van der Waals surface area contributed by atoms with Crippen LogP contribution in [0.1, 0.15) is 79.0 Å². The van der Waals surface area contributed by atoms with E-state index >= 15 is 0 Å². The molecule has 0 saturated heterocycles. The van der Waals surface area contributed by atoms with Gasteiger partial charge in [-0.2, -0.15) is 0 Å². The molecule has 95 heavy (non-hydrogen) atoms. The fourth-order valence-electron chi connectivity index (χ4n) is 15.3. The van der Waals surface area contributed by atoms with Crippen LogP contribution < -0.4 is 26.2 Å². The molecule has 0 unspecified atom stereocenters. The maximum atomic E-state index is 6.69. The van der Waals surface area contributed by atoms with E-state index < -0.39 is 0 Å². The van der Waals surface area contributed by atoms with Crippen molar-refractivity contribution in [1.82, 2.24) is 0 Å². The molecular formula is C90H73BN2O2. The summed E-state index contributed by atoms with van der Waals surface area (Å²) in [5, 5.41) is 4.43. The zero-order chi connectivity index (χ0) is 64.6. The van der Waals surface area contributed by atoms with Crippen LogP contribution >= 0.6 is 0 Å². The highest BCUT2D eigenvalue weighted by Gasteiger charge is 2.47. The Morgan fingerprint density at radius 3 is 0.926 bits per heavy atom. The van der Waals surface area contributed by atoms with Crippen LogP contribution in [0.2, 0.25) is 0 Å². The van der Waals surface area contributed by atoms with Crippen LogP contribution in [0.5, 0.6) is 0 Å². The van der Waals surface area contributed by atoms with E-state index in [0.717, 1.165) is 123 Å².